The lowest BCUT2D eigenvalue weighted by atomic mass is 9.86. The number of nitrogens with zero attached hydrogens (tertiary/aromatic N) is 1. The Balaban J connectivity index is 2.09. The fourth-order valence-corrected chi connectivity index (χ4v) is 3.51. The van der Waals surface area contributed by atoms with Crippen LogP contribution < -0.4 is 14.2 Å². The molecule has 0 aliphatic carbocycles. The van der Waals surface area contributed by atoms with Gasteiger partial charge in [-0.3, -0.25) is 0 Å². The van der Waals surface area contributed by atoms with Crippen LogP contribution in [0.5, 0.6) is 17.2 Å². The molecule has 0 spiro atoms. The highest BCUT2D eigenvalue weighted by molar-refractivity contribution is 5.61. The summed E-state index contributed by atoms with van der Waals surface area (Å²) < 4.78 is 55.3. The Labute approximate surface area is 138 Å². The van der Waals surface area contributed by atoms with E-state index in [1.807, 2.05) is 20.2 Å². The van der Waals surface area contributed by atoms with E-state index in [-0.39, 0.29) is 6.79 Å². The lowest BCUT2D eigenvalue weighted by Gasteiger charge is -2.44. The number of quaternary nitrogens is 1. The first-order valence-electron chi connectivity index (χ1n) is 7.72. The molecule has 0 saturated heterocycles. The van der Waals surface area contributed by atoms with Crippen LogP contribution in [0.15, 0.2) is 6.07 Å². The average molecular weight is 348 g/mol. The van der Waals surface area contributed by atoms with Crippen molar-refractivity contribution >= 4 is 0 Å². The molecule has 0 fully saturated rings. The predicted octanol–water partition coefficient (Wildman–Crippen LogP) is 2.41. The van der Waals surface area contributed by atoms with Gasteiger partial charge >= 0.3 is 6.18 Å². The smallest absolute Gasteiger partial charge is 0.414 e. The second-order valence-corrected chi connectivity index (χ2v) is 6.78. The van der Waals surface area contributed by atoms with Gasteiger partial charge in [-0.1, -0.05) is 0 Å². The minimum absolute atomic E-state index is 0.0582. The van der Waals surface area contributed by atoms with Crippen molar-refractivity contribution in [2.75, 3.05) is 34.5 Å². The summed E-state index contributed by atoms with van der Waals surface area (Å²) in [6, 6.07) is 1.25. The Bertz CT molecular complexity index is 645. The van der Waals surface area contributed by atoms with Crippen molar-refractivity contribution in [1.82, 2.24) is 0 Å². The molecule has 5 nitrogen and oxygen atoms in total. The molecule has 24 heavy (non-hydrogen) atoms. The standard InChI is InChI=1S/C16H21F3NO4/c1-20(2)5-4-9-6-11-14(24-8-23-11)15(22-3)13(9)10(20)7-12(21)16(17,18)19/h6,10,12,21H,4-5,7-8H2,1-3H3/q+1. The van der Waals surface area contributed by atoms with E-state index in [0.29, 0.717) is 40.3 Å². The summed E-state index contributed by atoms with van der Waals surface area (Å²) in [6.45, 7) is 0.716. The summed E-state index contributed by atoms with van der Waals surface area (Å²) in [5, 5.41) is 9.62. The van der Waals surface area contributed by atoms with Gasteiger partial charge in [0.1, 0.15) is 6.04 Å². The van der Waals surface area contributed by atoms with Gasteiger partial charge in [-0.25, -0.2) is 0 Å². The van der Waals surface area contributed by atoms with Crippen LogP contribution in [-0.2, 0) is 6.42 Å². The molecule has 3 rings (SSSR count). The zero-order chi connectivity index (χ0) is 17.7. The van der Waals surface area contributed by atoms with E-state index in [9.17, 15) is 18.3 Å². The molecule has 2 atom stereocenters. The molecule has 0 radical (unpaired) electrons. The number of fused-ring (bicyclic) bond motifs is 2. The topological polar surface area (TPSA) is 47.9 Å². The SMILES string of the molecule is COc1c2c(cc3c1C(CC(O)C(F)(F)F)[N+](C)(C)CC3)OCO2. The first-order valence-corrected chi connectivity index (χ1v) is 7.72. The lowest BCUT2D eigenvalue weighted by molar-refractivity contribution is -0.924. The van der Waals surface area contributed by atoms with Crippen molar-refractivity contribution in [2.24, 2.45) is 0 Å². The number of hydrogen-bond acceptors (Lipinski definition) is 4. The van der Waals surface area contributed by atoms with Crippen molar-refractivity contribution in [2.45, 2.75) is 31.2 Å². The molecule has 0 aromatic heterocycles. The fourth-order valence-electron chi connectivity index (χ4n) is 3.51. The van der Waals surface area contributed by atoms with Crippen LogP contribution in [0.25, 0.3) is 0 Å². The van der Waals surface area contributed by atoms with Gasteiger partial charge in [0.15, 0.2) is 17.6 Å². The van der Waals surface area contributed by atoms with E-state index < -0.39 is 24.7 Å². The number of methoxy groups -OCH3 is 1. The van der Waals surface area contributed by atoms with Gasteiger partial charge < -0.3 is 23.8 Å². The van der Waals surface area contributed by atoms with Crippen LogP contribution in [0.4, 0.5) is 13.2 Å². The summed E-state index contributed by atoms with van der Waals surface area (Å²) in [7, 11) is 5.19. The molecule has 1 aromatic carbocycles. The number of benzene rings is 1. The van der Waals surface area contributed by atoms with Gasteiger partial charge in [-0.2, -0.15) is 13.2 Å². The molecule has 2 unspecified atom stereocenters. The number of aliphatic hydroxyl groups excluding tert-OH is 1. The van der Waals surface area contributed by atoms with Gasteiger partial charge in [0.05, 0.1) is 33.3 Å². The highest BCUT2D eigenvalue weighted by atomic mass is 19.4. The summed E-state index contributed by atoms with van der Waals surface area (Å²) in [6.07, 6.45) is -6.78. The molecule has 1 N–H and O–H groups in total. The first-order chi connectivity index (χ1) is 11.1. The van der Waals surface area contributed by atoms with E-state index in [4.69, 9.17) is 14.2 Å². The number of alkyl halides is 3. The van der Waals surface area contributed by atoms with Crippen LogP contribution in [0.3, 0.4) is 0 Å². The third-order valence-electron chi connectivity index (χ3n) is 4.91. The largest absolute Gasteiger partial charge is 0.492 e. The molecule has 2 aliphatic heterocycles. The van der Waals surface area contributed by atoms with E-state index in [2.05, 4.69) is 0 Å². The minimum atomic E-state index is -4.65. The Morgan fingerprint density at radius 3 is 2.71 bits per heavy atom. The summed E-state index contributed by atoms with van der Waals surface area (Å²) in [5.41, 5.74) is 1.55. The van der Waals surface area contributed by atoms with Crippen LogP contribution in [0, 0.1) is 0 Å². The molecule has 2 heterocycles. The molecule has 134 valence electrons. The summed E-state index contributed by atoms with van der Waals surface area (Å²) in [4.78, 5) is 0. The Morgan fingerprint density at radius 2 is 2.08 bits per heavy atom. The maximum Gasteiger partial charge on any atom is 0.414 e. The number of aliphatic hydroxyl groups is 1. The van der Waals surface area contributed by atoms with Crippen LogP contribution >= 0.6 is 0 Å². The van der Waals surface area contributed by atoms with E-state index in [1.54, 1.807) is 0 Å². The van der Waals surface area contributed by atoms with Crippen LogP contribution in [0.2, 0.25) is 0 Å². The molecule has 8 heteroatoms. The Kier molecular flexibility index (Phi) is 4.08. The van der Waals surface area contributed by atoms with Crippen molar-refractivity contribution in [3.05, 3.63) is 17.2 Å². The molecular weight excluding hydrogens is 327 g/mol. The van der Waals surface area contributed by atoms with Crippen molar-refractivity contribution in [1.29, 1.82) is 0 Å². The lowest BCUT2D eigenvalue weighted by Crippen LogP contribution is -2.50. The van der Waals surface area contributed by atoms with E-state index >= 15 is 0 Å². The predicted molar refractivity (Wildman–Crippen MR) is 79.2 cm³/mol. The third kappa shape index (κ3) is 2.77. The monoisotopic (exact) mass is 348 g/mol. The van der Waals surface area contributed by atoms with Gasteiger partial charge in [0.25, 0.3) is 0 Å². The number of halogens is 3. The zero-order valence-electron chi connectivity index (χ0n) is 13.8. The second-order valence-electron chi connectivity index (χ2n) is 6.78. The van der Waals surface area contributed by atoms with Crippen molar-refractivity contribution in [3.63, 3.8) is 0 Å². The van der Waals surface area contributed by atoms with Gasteiger partial charge in [0, 0.05) is 12.8 Å². The molecule has 1 aromatic rings. The fraction of sp³-hybridized carbons (Fsp3) is 0.625. The quantitative estimate of drug-likeness (QED) is 0.853. The van der Waals surface area contributed by atoms with Gasteiger partial charge in [-0.15, -0.1) is 0 Å². The van der Waals surface area contributed by atoms with Crippen molar-refractivity contribution in [3.8, 4) is 17.2 Å². The summed E-state index contributed by atoms with van der Waals surface area (Å²) >= 11 is 0. The molecule has 0 bridgehead atoms. The first kappa shape index (κ1) is 17.2. The summed E-state index contributed by atoms with van der Waals surface area (Å²) in [5.74, 6) is 1.38. The normalized spacial score (nSPS) is 22.9. The maximum atomic E-state index is 12.9. The van der Waals surface area contributed by atoms with Crippen LogP contribution in [-0.4, -0.2) is 56.4 Å². The average Bonchev–Trinajstić information content (AvgIpc) is 2.95. The van der Waals surface area contributed by atoms with Crippen molar-refractivity contribution < 1.29 is 37.0 Å². The highest BCUT2D eigenvalue weighted by Gasteiger charge is 2.47. The molecular formula is C16H21F3NO4+. The Hall–Kier alpha value is -1.67. The van der Waals surface area contributed by atoms with Gasteiger partial charge in [-0.05, 0) is 11.6 Å². The second kappa shape index (κ2) is 5.70. The minimum Gasteiger partial charge on any atom is -0.492 e. The van der Waals surface area contributed by atoms with E-state index in [0.717, 1.165) is 5.56 Å². The van der Waals surface area contributed by atoms with E-state index in [1.165, 1.54) is 7.11 Å². The maximum absolute atomic E-state index is 12.9. The number of rotatable bonds is 3. The number of hydrogen-bond donors (Lipinski definition) is 1. The number of ether oxygens (including phenoxy) is 3. The number of likely N-dealkylation sites (N-methyl/N-ethyl adjacent to an activating group) is 1. The zero-order valence-corrected chi connectivity index (χ0v) is 13.8. The highest BCUT2D eigenvalue weighted by Crippen LogP contribution is 2.52. The molecule has 0 amide bonds. The molecule has 2 aliphatic rings. The third-order valence-corrected chi connectivity index (χ3v) is 4.91. The van der Waals surface area contributed by atoms with Crippen LogP contribution in [0.1, 0.15) is 23.6 Å². The van der Waals surface area contributed by atoms with Gasteiger partial charge in [0.2, 0.25) is 12.5 Å². The Morgan fingerprint density at radius 1 is 1.38 bits per heavy atom. The molecule has 0 saturated carbocycles.